The maximum Gasteiger partial charge on any atom is 0.408 e. The lowest BCUT2D eigenvalue weighted by Gasteiger charge is -2.24. The number of carbonyl (C=O) groups excluding carboxylic acids is 1. The lowest BCUT2D eigenvalue weighted by atomic mass is 10.1. The van der Waals surface area contributed by atoms with Crippen molar-refractivity contribution in [3.05, 3.63) is 37.5 Å². The van der Waals surface area contributed by atoms with Crippen LogP contribution in [0.25, 0.3) is 22.5 Å². The highest BCUT2D eigenvalue weighted by Gasteiger charge is 2.25. The van der Waals surface area contributed by atoms with Crippen LogP contribution in [0.2, 0.25) is 25.7 Å². The maximum atomic E-state index is 12.4. The summed E-state index contributed by atoms with van der Waals surface area (Å²) in [6.07, 6.45) is 1.13. The van der Waals surface area contributed by atoms with Crippen LogP contribution in [-0.4, -0.2) is 53.2 Å². The Morgan fingerprint density at radius 2 is 1.82 bits per heavy atom. The number of nitrogens with zero attached hydrogens (tertiary/aromatic N) is 3. The van der Waals surface area contributed by atoms with Gasteiger partial charge in [0.1, 0.15) is 44.6 Å². The fourth-order valence-electron chi connectivity index (χ4n) is 3.27. The zero-order valence-electron chi connectivity index (χ0n) is 24.4. The second kappa shape index (κ2) is 14.1. The third kappa shape index (κ3) is 10.7. The summed E-state index contributed by atoms with van der Waals surface area (Å²) in [7, 11) is -1.11. The number of aromatic nitrogens is 3. The number of ether oxygens (including phenoxy) is 3. The third-order valence-electron chi connectivity index (χ3n) is 5.36. The first-order valence-corrected chi connectivity index (χ1v) is 19.5. The summed E-state index contributed by atoms with van der Waals surface area (Å²) >= 11 is 4.27. The molecule has 3 heterocycles. The number of carbonyl (C=O) groups is 1. The number of aliphatic hydroxyl groups excluding tert-OH is 1. The summed E-state index contributed by atoms with van der Waals surface area (Å²) in [5, 5.41) is 21.3. The van der Waals surface area contributed by atoms with E-state index in [2.05, 4.69) is 34.9 Å². The minimum Gasteiger partial charge on any atom is -0.506 e. The molecule has 0 aliphatic rings. The highest BCUT2D eigenvalue weighted by molar-refractivity contribution is 7.14. The molecule has 2 N–H and O–H groups in total. The molecule has 1 amide bonds. The van der Waals surface area contributed by atoms with Gasteiger partial charge in [0.05, 0.1) is 18.3 Å². The second-order valence-electron chi connectivity index (χ2n) is 11.9. The van der Waals surface area contributed by atoms with E-state index in [1.807, 2.05) is 45.4 Å². The van der Waals surface area contributed by atoms with Crippen LogP contribution in [0.15, 0.2) is 16.1 Å². The fraction of sp³-hybridized carbons (Fsp3) is 0.556. The molecule has 9 nitrogen and oxygen atoms in total. The Morgan fingerprint density at radius 3 is 2.50 bits per heavy atom. The van der Waals surface area contributed by atoms with Crippen molar-refractivity contribution in [2.45, 2.75) is 78.6 Å². The van der Waals surface area contributed by atoms with E-state index < -0.39 is 19.8 Å². The number of rotatable bonds is 13. The van der Waals surface area contributed by atoms with E-state index in [4.69, 9.17) is 19.2 Å². The van der Waals surface area contributed by atoms with Crippen molar-refractivity contribution >= 4 is 60.0 Å². The quantitative estimate of drug-likeness (QED) is 0.0856. The van der Waals surface area contributed by atoms with Gasteiger partial charge in [0, 0.05) is 36.9 Å². The molecule has 0 unspecified atom stereocenters. The van der Waals surface area contributed by atoms with Gasteiger partial charge in [0.2, 0.25) is 0 Å². The Balaban J connectivity index is 1.58. The van der Waals surface area contributed by atoms with E-state index in [9.17, 15) is 9.90 Å². The van der Waals surface area contributed by atoms with Gasteiger partial charge in [-0.1, -0.05) is 33.5 Å². The van der Waals surface area contributed by atoms with Crippen molar-refractivity contribution in [2.24, 2.45) is 5.92 Å². The minimum atomic E-state index is -1.11. The number of nitrogens with one attached hydrogen (secondary N) is 1. The molecular weight excluding hydrogens is 585 g/mol. The van der Waals surface area contributed by atoms with Gasteiger partial charge in [-0.15, -0.1) is 34.0 Å². The molecule has 0 aliphatic heterocycles. The zero-order chi connectivity index (χ0) is 29.5. The number of hydrogen-bond acceptors (Lipinski definition) is 11. The summed E-state index contributed by atoms with van der Waals surface area (Å²) in [5.74, 6) is 0.141. The average molecular weight is 625 g/mol. The van der Waals surface area contributed by atoms with E-state index in [0.717, 1.165) is 16.7 Å². The van der Waals surface area contributed by atoms with E-state index in [1.165, 1.54) is 34.0 Å². The number of alkyl carbamates (subject to hydrolysis) is 1. The fourth-order valence-corrected chi connectivity index (χ4v) is 6.63. The first-order valence-electron chi connectivity index (χ1n) is 13.1. The highest BCUT2D eigenvalue weighted by atomic mass is 32.1. The van der Waals surface area contributed by atoms with E-state index >= 15 is 0 Å². The van der Waals surface area contributed by atoms with Gasteiger partial charge in [0.15, 0.2) is 0 Å². The van der Waals surface area contributed by atoms with Crippen LogP contribution in [0.1, 0.15) is 62.1 Å². The van der Waals surface area contributed by atoms with Crippen LogP contribution in [-0.2, 0) is 20.8 Å². The van der Waals surface area contributed by atoms with Crippen molar-refractivity contribution in [1.82, 2.24) is 20.3 Å². The zero-order valence-corrected chi connectivity index (χ0v) is 27.9. The van der Waals surface area contributed by atoms with Crippen LogP contribution < -0.4 is 5.32 Å². The lowest BCUT2D eigenvalue weighted by Crippen LogP contribution is -2.36. The Hall–Kier alpha value is -2.16. The molecule has 0 spiro atoms. The van der Waals surface area contributed by atoms with Gasteiger partial charge in [-0.2, -0.15) is 0 Å². The van der Waals surface area contributed by atoms with Crippen LogP contribution in [0, 0.1) is 5.92 Å². The van der Waals surface area contributed by atoms with E-state index in [0.29, 0.717) is 34.6 Å². The van der Waals surface area contributed by atoms with Crippen LogP contribution >= 0.6 is 34.0 Å². The number of aliphatic hydroxyl groups is 1. The van der Waals surface area contributed by atoms with Crippen molar-refractivity contribution in [2.75, 3.05) is 13.4 Å². The van der Waals surface area contributed by atoms with Gasteiger partial charge in [0.25, 0.3) is 0 Å². The van der Waals surface area contributed by atoms with E-state index in [-0.39, 0.29) is 24.5 Å². The molecule has 40 heavy (non-hydrogen) atoms. The molecule has 1 atom stereocenters. The molecule has 0 aliphatic carbocycles. The van der Waals surface area contributed by atoms with Crippen LogP contribution in [0.4, 0.5) is 4.79 Å². The van der Waals surface area contributed by atoms with E-state index in [1.54, 1.807) is 11.5 Å². The number of hydrogen-bond donors (Lipinski definition) is 2. The standard InChI is InChI=1S/C27H40N4O5S3Si/c1-17(2)23(31-26(33)36-27(3,4)5)25-30-20(15-39-25)24-29-19(14-38-24)21(32)11-22-28-18(13-37-22)12-35-16-34-9-10-40(6,7)8/h11,13-15,17,23,32H,9-10,12,16H2,1-8H3,(H,31,33)/b21-11+/t23-/m0/s1. The van der Waals surface area contributed by atoms with Crippen molar-refractivity contribution < 1.29 is 24.1 Å². The SMILES string of the molecule is CC(C)[C@H](NC(=O)OC(C)(C)C)c1nc(-c2nc(/C(O)=C\c3nc(COCOCC[Si](C)(C)C)cs3)cs2)cs1. The largest absolute Gasteiger partial charge is 0.506 e. The predicted molar refractivity (Wildman–Crippen MR) is 167 cm³/mol. The van der Waals surface area contributed by atoms with Crippen LogP contribution in [0.3, 0.4) is 0 Å². The molecule has 0 aromatic carbocycles. The number of amides is 1. The third-order valence-corrected chi connectivity index (χ3v) is 9.69. The molecule has 3 rings (SSSR count). The molecule has 0 bridgehead atoms. The number of thiazole rings is 3. The Bertz CT molecular complexity index is 1270. The Morgan fingerprint density at radius 1 is 1.07 bits per heavy atom. The summed E-state index contributed by atoms with van der Waals surface area (Å²) in [6.45, 7) is 17.8. The first-order chi connectivity index (χ1) is 18.7. The van der Waals surface area contributed by atoms with Crippen molar-refractivity contribution in [1.29, 1.82) is 0 Å². The molecule has 0 saturated carbocycles. The Kier molecular flexibility index (Phi) is 11.4. The summed E-state index contributed by atoms with van der Waals surface area (Å²) in [5.41, 5.74) is 1.35. The molecule has 0 fully saturated rings. The molecular formula is C27H40N4O5S3Si. The van der Waals surface area contributed by atoms with Gasteiger partial charge in [-0.25, -0.2) is 19.7 Å². The normalized spacial score (nSPS) is 13.6. The molecule has 220 valence electrons. The van der Waals surface area contributed by atoms with Gasteiger partial charge < -0.3 is 24.6 Å². The maximum absolute atomic E-state index is 12.4. The monoisotopic (exact) mass is 624 g/mol. The van der Waals surface area contributed by atoms with Crippen LogP contribution in [0.5, 0.6) is 0 Å². The van der Waals surface area contributed by atoms with Gasteiger partial charge in [-0.05, 0) is 32.7 Å². The topological polar surface area (TPSA) is 116 Å². The smallest absolute Gasteiger partial charge is 0.408 e. The van der Waals surface area contributed by atoms with Gasteiger partial charge >= 0.3 is 6.09 Å². The van der Waals surface area contributed by atoms with Crippen molar-refractivity contribution in [3.63, 3.8) is 0 Å². The molecule has 0 radical (unpaired) electrons. The highest BCUT2D eigenvalue weighted by Crippen LogP contribution is 2.32. The lowest BCUT2D eigenvalue weighted by molar-refractivity contribution is -0.0581. The summed E-state index contributed by atoms with van der Waals surface area (Å²) in [6, 6.07) is 0.814. The molecule has 13 heteroatoms. The Labute approximate surface area is 249 Å². The second-order valence-corrected chi connectivity index (χ2v) is 20.1. The minimum absolute atomic E-state index is 0.0288. The molecule has 0 saturated heterocycles. The molecule has 3 aromatic heterocycles. The summed E-state index contributed by atoms with van der Waals surface area (Å²) < 4.78 is 16.6. The average Bonchev–Trinajstić information content (AvgIpc) is 3.58. The predicted octanol–water partition coefficient (Wildman–Crippen LogP) is 7.83. The first kappa shape index (κ1) is 32.4. The van der Waals surface area contributed by atoms with Crippen molar-refractivity contribution in [3.8, 4) is 10.7 Å². The van der Waals surface area contributed by atoms with Gasteiger partial charge in [-0.3, -0.25) is 0 Å². The molecule has 3 aromatic rings. The summed E-state index contributed by atoms with van der Waals surface area (Å²) in [4.78, 5) is 26.2.